The van der Waals surface area contributed by atoms with Crippen molar-refractivity contribution in [1.82, 2.24) is 0 Å². The molecule has 0 bridgehead atoms. The van der Waals surface area contributed by atoms with Gasteiger partial charge in [-0.1, -0.05) is 12.1 Å². The molecule has 2 rings (SSSR count). The van der Waals surface area contributed by atoms with E-state index in [1.165, 1.54) is 0 Å². The van der Waals surface area contributed by atoms with Crippen molar-refractivity contribution >= 4 is 0 Å². The average Bonchev–Trinajstić information content (AvgIpc) is 2.23. The lowest BCUT2D eigenvalue weighted by molar-refractivity contribution is -0.0843. The second-order valence-corrected chi connectivity index (χ2v) is 4.25. The van der Waals surface area contributed by atoms with Crippen LogP contribution in [-0.2, 0) is 10.3 Å². The summed E-state index contributed by atoms with van der Waals surface area (Å²) in [5.74, 6) is 0.270. The Balaban J connectivity index is 2.30. The van der Waals surface area contributed by atoms with Crippen LogP contribution in [0.15, 0.2) is 24.3 Å². The first-order chi connectivity index (χ1) is 7.13. The molecule has 1 aliphatic rings. The lowest BCUT2D eigenvalue weighted by Gasteiger charge is -2.39. The maximum Gasteiger partial charge on any atom is 0.115 e. The maximum absolute atomic E-state index is 9.23. The molecule has 2 atom stereocenters. The van der Waals surface area contributed by atoms with E-state index < -0.39 is 5.60 Å². The summed E-state index contributed by atoms with van der Waals surface area (Å²) in [6.07, 6.45) is 2.01. The van der Waals surface area contributed by atoms with Crippen molar-refractivity contribution in [3.8, 4) is 5.75 Å². The minimum atomic E-state index is -0.411. The van der Waals surface area contributed by atoms with Crippen LogP contribution in [0, 0.1) is 0 Å². The normalized spacial score (nSPS) is 31.5. The highest BCUT2D eigenvalue weighted by Gasteiger charge is 2.36. The van der Waals surface area contributed by atoms with Crippen molar-refractivity contribution < 1.29 is 9.84 Å². The number of phenolic OH excluding ortho intramolecular Hbond substituents is 1. The highest BCUT2D eigenvalue weighted by molar-refractivity contribution is 5.31. The zero-order chi connectivity index (χ0) is 10.9. The van der Waals surface area contributed by atoms with E-state index in [1.807, 2.05) is 19.1 Å². The number of phenols is 1. The summed E-state index contributed by atoms with van der Waals surface area (Å²) in [4.78, 5) is 0. The molecule has 1 saturated heterocycles. The number of rotatable bonds is 1. The number of ether oxygens (including phenoxy) is 1. The standard InChI is InChI=1S/C12H17NO2/c1-12(11(13)3-2-8-15-12)9-4-6-10(14)7-5-9/h4-7,11,14H,2-3,8,13H2,1H3. The van der Waals surface area contributed by atoms with Crippen molar-refractivity contribution in [2.24, 2.45) is 5.73 Å². The van der Waals surface area contributed by atoms with Crippen LogP contribution in [0.5, 0.6) is 5.75 Å². The molecule has 0 saturated carbocycles. The highest BCUT2D eigenvalue weighted by Crippen LogP contribution is 2.34. The van der Waals surface area contributed by atoms with Gasteiger partial charge in [-0.05, 0) is 37.5 Å². The monoisotopic (exact) mass is 207 g/mol. The van der Waals surface area contributed by atoms with Gasteiger partial charge in [0.2, 0.25) is 0 Å². The third-order valence-corrected chi connectivity index (χ3v) is 3.21. The first kappa shape index (κ1) is 10.5. The second kappa shape index (κ2) is 3.83. The lowest BCUT2D eigenvalue weighted by atomic mass is 9.84. The van der Waals surface area contributed by atoms with Gasteiger partial charge in [-0.15, -0.1) is 0 Å². The van der Waals surface area contributed by atoms with Crippen molar-refractivity contribution in [3.63, 3.8) is 0 Å². The Hall–Kier alpha value is -1.06. The summed E-state index contributed by atoms with van der Waals surface area (Å²) >= 11 is 0. The predicted octanol–water partition coefficient (Wildman–Crippen LogP) is 1.75. The molecular weight excluding hydrogens is 190 g/mol. The SMILES string of the molecule is CC1(c2ccc(O)cc2)OCCCC1N. The fourth-order valence-electron chi connectivity index (χ4n) is 2.06. The lowest BCUT2D eigenvalue weighted by Crippen LogP contribution is -2.48. The van der Waals surface area contributed by atoms with E-state index in [9.17, 15) is 5.11 Å². The van der Waals surface area contributed by atoms with Crippen LogP contribution < -0.4 is 5.73 Å². The molecular formula is C12H17NO2. The molecule has 0 aliphatic carbocycles. The highest BCUT2D eigenvalue weighted by atomic mass is 16.5. The van der Waals surface area contributed by atoms with Gasteiger partial charge in [-0.3, -0.25) is 0 Å². The van der Waals surface area contributed by atoms with Gasteiger partial charge >= 0.3 is 0 Å². The summed E-state index contributed by atoms with van der Waals surface area (Å²) < 4.78 is 5.80. The fraction of sp³-hybridized carbons (Fsp3) is 0.500. The van der Waals surface area contributed by atoms with E-state index in [0.717, 1.165) is 25.0 Å². The number of aromatic hydroxyl groups is 1. The molecule has 0 spiro atoms. The summed E-state index contributed by atoms with van der Waals surface area (Å²) in [6, 6.07) is 7.12. The van der Waals surface area contributed by atoms with Gasteiger partial charge in [0.05, 0.1) is 0 Å². The summed E-state index contributed by atoms with van der Waals surface area (Å²) in [7, 11) is 0. The first-order valence-electron chi connectivity index (χ1n) is 5.32. The maximum atomic E-state index is 9.23. The Morgan fingerprint density at radius 1 is 1.40 bits per heavy atom. The van der Waals surface area contributed by atoms with Crippen LogP contribution in [0.3, 0.4) is 0 Å². The molecule has 3 heteroatoms. The Morgan fingerprint density at radius 2 is 2.07 bits per heavy atom. The van der Waals surface area contributed by atoms with Crippen LogP contribution in [0.1, 0.15) is 25.3 Å². The Kier molecular flexibility index (Phi) is 2.67. The van der Waals surface area contributed by atoms with Crippen molar-refractivity contribution in [1.29, 1.82) is 0 Å². The molecule has 82 valence electrons. The Labute approximate surface area is 89.9 Å². The topological polar surface area (TPSA) is 55.5 Å². The molecule has 0 radical (unpaired) electrons. The van der Waals surface area contributed by atoms with Crippen molar-refractivity contribution in [3.05, 3.63) is 29.8 Å². The molecule has 1 aromatic carbocycles. The first-order valence-corrected chi connectivity index (χ1v) is 5.32. The molecule has 1 fully saturated rings. The van der Waals surface area contributed by atoms with E-state index in [4.69, 9.17) is 10.5 Å². The van der Waals surface area contributed by atoms with Gasteiger partial charge in [0.25, 0.3) is 0 Å². The molecule has 1 aromatic rings. The zero-order valence-corrected chi connectivity index (χ0v) is 8.94. The molecule has 0 aromatic heterocycles. The third kappa shape index (κ3) is 1.85. The molecule has 1 heterocycles. The van der Waals surface area contributed by atoms with Gasteiger partial charge < -0.3 is 15.6 Å². The smallest absolute Gasteiger partial charge is 0.115 e. The molecule has 2 unspecified atom stereocenters. The van der Waals surface area contributed by atoms with E-state index in [0.29, 0.717) is 0 Å². The van der Waals surface area contributed by atoms with E-state index >= 15 is 0 Å². The third-order valence-electron chi connectivity index (χ3n) is 3.21. The minimum Gasteiger partial charge on any atom is -0.508 e. The van der Waals surface area contributed by atoms with Gasteiger partial charge in [0.1, 0.15) is 11.4 Å². The van der Waals surface area contributed by atoms with E-state index in [2.05, 4.69) is 0 Å². The van der Waals surface area contributed by atoms with E-state index in [1.54, 1.807) is 12.1 Å². The van der Waals surface area contributed by atoms with Crippen LogP contribution in [0.4, 0.5) is 0 Å². The molecule has 3 nitrogen and oxygen atoms in total. The zero-order valence-electron chi connectivity index (χ0n) is 8.94. The van der Waals surface area contributed by atoms with Gasteiger partial charge in [0, 0.05) is 12.6 Å². The average molecular weight is 207 g/mol. The van der Waals surface area contributed by atoms with Gasteiger partial charge in [-0.25, -0.2) is 0 Å². The second-order valence-electron chi connectivity index (χ2n) is 4.25. The quantitative estimate of drug-likeness (QED) is 0.737. The number of hydrogen-bond donors (Lipinski definition) is 2. The summed E-state index contributed by atoms with van der Waals surface area (Å²) in [5, 5.41) is 9.23. The van der Waals surface area contributed by atoms with Crippen LogP contribution >= 0.6 is 0 Å². The van der Waals surface area contributed by atoms with Gasteiger partial charge in [0.15, 0.2) is 0 Å². The van der Waals surface area contributed by atoms with Crippen LogP contribution in [-0.4, -0.2) is 17.8 Å². The van der Waals surface area contributed by atoms with Crippen molar-refractivity contribution in [2.45, 2.75) is 31.4 Å². The number of nitrogens with two attached hydrogens (primary N) is 1. The number of benzene rings is 1. The predicted molar refractivity (Wildman–Crippen MR) is 58.6 cm³/mol. The Bertz CT molecular complexity index is 336. The molecule has 0 amide bonds. The fourth-order valence-corrected chi connectivity index (χ4v) is 2.06. The van der Waals surface area contributed by atoms with Gasteiger partial charge in [-0.2, -0.15) is 0 Å². The Morgan fingerprint density at radius 3 is 2.67 bits per heavy atom. The van der Waals surface area contributed by atoms with E-state index in [-0.39, 0.29) is 11.8 Å². The van der Waals surface area contributed by atoms with Crippen LogP contribution in [0.25, 0.3) is 0 Å². The minimum absolute atomic E-state index is 0.0239. The summed E-state index contributed by atoms with van der Waals surface area (Å²) in [6.45, 7) is 2.77. The summed E-state index contributed by atoms with van der Waals surface area (Å²) in [5.41, 5.74) is 6.72. The molecule has 3 N–H and O–H groups in total. The van der Waals surface area contributed by atoms with Crippen LogP contribution in [0.2, 0.25) is 0 Å². The molecule has 1 aliphatic heterocycles. The van der Waals surface area contributed by atoms with Crippen molar-refractivity contribution in [2.75, 3.05) is 6.61 Å². The number of hydrogen-bond acceptors (Lipinski definition) is 3. The largest absolute Gasteiger partial charge is 0.508 e. The molecule has 15 heavy (non-hydrogen) atoms.